The van der Waals surface area contributed by atoms with Crippen LogP contribution in [-0.4, -0.2) is 17.9 Å². The third-order valence-electron chi connectivity index (χ3n) is 4.22. The van der Waals surface area contributed by atoms with Crippen LogP contribution < -0.4 is 10.1 Å². The number of carbonyl (C=O) groups is 1. The fraction of sp³-hybridized carbons (Fsp3) is 0.0909. The fourth-order valence-electron chi connectivity index (χ4n) is 2.76. The van der Waals surface area contributed by atoms with Gasteiger partial charge < -0.3 is 14.5 Å². The minimum atomic E-state index is -0.616. The van der Waals surface area contributed by atoms with E-state index in [2.05, 4.69) is 5.32 Å². The summed E-state index contributed by atoms with van der Waals surface area (Å²) in [6, 6.07) is 16.3. The van der Waals surface area contributed by atoms with Crippen molar-refractivity contribution in [3.63, 3.8) is 0 Å². The number of amides is 1. The molecule has 0 bridgehead atoms. The first kappa shape index (κ1) is 20.4. The lowest BCUT2D eigenvalue weighted by Crippen LogP contribution is -2.14. The van der Waals surface area contributed by atoms with E-state index in [1.54, 1.807) is 36.4 Å². The summed E-state index contributed by atoms with van der Waals surface area (Å²) in [7, 11) is 1.49. The number of ether oxygens (including phenoxy) is 1. The van der Waals surface area contributed by atoms with Gasteiger partial charge in [0, 0.05) is 23.8 Å². The molecule has 0 unspecified atom stereocenters. The molecule has 0 saturated heterocycles. The molecule has 0 atom stereocenters. The molecule has 8 nitrogen and oxygen atoms in total. The molecular formula is C22H17N3O5. The largest absolute Gasteiger partial charge is 0.495 e. The van der Waals surface area contributed by atoms with Gasteiger partial charge in [0.15, 0.2) is 0 Å². The van der Waals surface area contributed by atoms with Crippen molar-refractivity contribution in [2.45, 2.75) is 6.92 Å². The smallest absolute Gasteiger partial charge is 0.270 e. The van der Waals surface area contributed by atoms with Gasteiger partial charge in [-0.15, -0.1) is 0 Å². The molecular weight excluding hydrogens is 386 g/mol. The number of carbonyl (C=O) groups excluding carboxylic acids is 1. The molecule has 150 valence electrons. The molecule has 0 aliphatic heterocycles. The Morgan fingerprint density at radius 3 is 2.73 bits per heavy atom. The second-order valence-corrected chi connectivity index (χ2v) is 6.34. The summed E-state index contributed by atoms with van der Waals surface area (Å²) >= 11 is 0. The van der Waals surface area contributed by atoms with Crippen molar-refractivity contribution in [3.05, 3.63) is 81.6 Å². The third-order valence-corrected chi connectivity index (χ3v) is 4.22. The van der Waals surface area contributed by atoms with E-state index in [-0.39, 0.29) is 17.0 Å². The van der Waals surface area contributed by atoms with E-state index in [0.717, 1.165) is 5.56 Å². The average Bonchev–Trinajstić information content (AvgIpc) is 3.21. The highest BCUT2D eigenvalue weighted by Gasteiger charge is 2.15. The molecule has 8 heteroatoms. The van der Waals surface area contributed by atoms with Crippen molar-refractivity contribution < 1.29 is 18.9 Å². The van der Waals surface area contributed by atoms with E-state index in [4.69, 9.17) is 9.15 Å². The molecule has 30 heavy (non-hydrogen) atoms. The van der Waals surface area contributed by atoms with Crippen LogP contribution in [0.25, 0.3) is 17.4 Å². The molecule has 1 heterocycles. The van der Waals surface area contributed by atoms with E-state index in [1.165, 1.54) is 25.3 Å². The molecule has 3 rings (SSSR count). The van der Waals surface area contributed by atoms with Gasteiger partial charge in [0.2, 0.25) is 0 Å². The number of nitrogens with one attached hydrogen (secondary N) is 1. The lowest BCUT2D eigenvalue weighted by molar-refractivity contribution is -0.384. The number of benzene rings is 2. The minimum Gasteiger partial charge on any atom is -0.495 e. The van der Waals surface area contributed by atoms with Gasteiger partial charge in [-0.25, -0.2) is 0 Å². The van der Waals surface area contributed by atoms with E-state index in [0.29, 0.717) is 22.8 Å². The number of hydrogen-bond donors (Lipinski definition) is 1. The summed E-state index contributed by atoms with van der Waals surface area (Å²) in [5.41, 5.74) is 1.64. The van der Waals surface area contributed by atoms with Crippen LogP contribution in [-0.2, 0) is 4.79 Å². The highest BCUT2D eigenvalue weighted by Crippen LogP contribution is 2.28. The van der Waals surface area contributed by atoms with Gasteiger partial charge in [-0.1, -0.05) is 18.2 Å². The van der Waals surface area contributed by atoms with Crippen LogP contribution in [0.2, 0.25) is 0 Å². The van der Waals surface area contributed by atoms with Crippen LogP contribution in [0.3, 0.4) is 0 Å². The number of rotatable bonds is 6. The molecule has 3 aromatic rings. The Morgan fingerprint density at radius 1 is 1.23 bits per heavy atom. The lowest BCUT2D eigenvalue weighted by Gasteiger charge is -2.10. The Hall–Kier alpha value is -4.38. The minimum absolute atomic E-state index is 0.0646. The predicted molar refractivity (Wildman–Crippen MR) is 111 cm³/mol. The number of anilines is 1. The average molecular weight is 403 g/mol. The number of hydrogen-bond acceptors (Lipinski definition) is 6. The number of nitrogens with zero attached hydrogens (tertiary/aromatic N) is 2. The van der Waals surface area contributed by atoms with Gasteiger partial charge in [0.05, 0.1) is 17.7 Å². The Kier molecular flexibility index (Phi) is 5.94. The molecule has 1 aromatic heterocycles. The molecule has 0 radical (unpaired) electrons. The summed E-state index contributed by atoms with van der Waals surface area (Å²) < 4.78 is 10.9. The predicted octanol–water partition coefficient (Wildman–Crippen LogP) is 4.72. The number of non-ortho nitro benzene ring substituents is 1. The van der Waals surface area contributed by atoms with Gasteiger partial charge >= 0.3 is 0 Å². The Labute approximate surface area is 172 Å². The molecule has 2 aromatic carbocycles. The highest BCUT2D eigenvalue weighted by molar-refractivity contribution is 6.10. The van der Waals surface area contributed by atoms with Gasteiger partial charge in [-0.3, -0.25) is 14.9 Å². The summed E-state index contributed by atoms with van der Waals surface area (Å²) in [5, 5.41) is 23.0. The third kappa shape index (κ3) is 4.54. The van der Waals surface area contributed by atoms with Crippen molar-refractivity contribution in [3.8, 4) is 23.1 Å². The first-order chi connectivity index (χ1) is 14.4. The van der Waals surface area contributed by atoms with Crippen molar-refractivity contribution >= 4 is 23.4 Å². The zero-order chi connectivity index (χ0) is 21.7. The molecule has 1 amide bonds. The maximum absolute atomic E-state index is 12.5. The van der Waals surface area contributed by atoms with Crippen LogP contribution >= 0.6 is 0 Å². The summed E-state index contributed by atoms with van der Waals surface area (Å²) in [5.74, 6) is 0.495. The van der Waals surface area contributed by atoms with Crippen molar-refractivity contribution in [2.75, 3.05) is 12.4 Å². The van der Waals surface area contributed by atoms with E-state index in [9.17, 15) is 20.2 Å². The maximum atomic E-state index is 12.5. The van der Waals surface area contributed by atoms with E-state index < -0.39 is 10.8 Å². The number of furan rings is 1. The number of aryl methyl sites for hydroxylation is 1. The quantitative estimate of drug-likeness (QED) is 0.275. The number of nitro benzene ring substituents is 1. The van der Waals surface area contributed by atoms with Crippen LogP contribution in [0.5, 0.6) is 5.75 Å². The Bertz CT molecular complexity index is 1190. The maximum Gasteiger partial charge on any atom is 0.270 e. The van der Waals surface area contributed by atoms with Crippen LogP contribution in [0.15, 0.2) is 64.6 Å². The number of methoxy groups -OCH3 is 1. The van der Waals surface area contributed by atoms with Gasteiger partial charge in [-0.2, -0.15) is 5.26 Å². The highest BCUT2D eigenvalue weighted by atomic mass is 16.6. The van der Waals surface area contributed by atoms with E-state index in [1.807, 2.05) is 19.1 Å². The van der Waals surface area contributed by atoms with Crippen LogP contribution in [0.1, 0.15) is 11.3 Å². The topological polar surface area (TPSA) is 118 Å². The first-order valence-electron chi connectivity index (χ1n) is 8.83. The summed E-state index contributed by atoms with van der Waals surface area (Å²) in [4.78, 5) is 23.0. The van der Waals surface area contributed by atoms with Crippen LogP contribution in [0.4, 0.5) is 11.4 Å². The second-order valence-electron chi connectivity index (χ2n) is 6.34. The monoisotopic (exact) mass is 403 g/mol. The van der Waals surface area contributed by atoms with E-state index >= 15 is 0 Å². The Morgan fingerprint density at radius 2 is 2.03 bits per heavy atom. The van der Waals surface area contributed by atoms with Gasteiger partial charge in [-0.05, 0) is 36.8 Å². The van der Waals surface area contributed by atoms with Crippen LogP contribution in [0, 0.1) is 28.4 Å². The zero-order valence-electron chi connectivity index (χ0n) is 16.2. The van der Waals surface area contributed by atoms with Gasteiger partial charge in [0.1, 0.15) is 28.9 Å². The second kappa shape index (κ2) is 8.75. The summed E-state index contributed by atoms with van der Waals surface area (Å²) in [6.07, 6.45) is 1.30. The normalized spacial score (nSPS) is 10.9. The van der Waals surface area contributed by atoms with Crippen molar-refractivity contribution in [1.82, 2.24) is 0 Å². The molecule has 0 aliphatic rings. The standard InChI is InChI=1S/C22H17N3O5/c1-14-6-8-21(29-2)19(10-14)24-22(26)16(13-23)12-18-7-9-20(30-18)15-4-3-5-17(11-15)25(27)28/h3-12H,1-2H3,(H,24,26)/b16-12+. The number of nitriles is 1. The number of nitro groups is 1. The first-order valence-corrected chi connectivity index (χ1v) is 8.83. The molecule has 0 saturated carbocycles. The SMILES string of the molecule is COc1ccc(C)cc1NC(=O)/C(C#N)=C/c1ccc(-c2cccc([N+](=O)[O-])c2)o1. The Balaban J connectivity index is 1.84. The molecule has 0 aliphatic carbocycles. The van der Waals surface area contributed by atoms with Gasteiger partial charge in [0.25, 0.3) is 11.6 Å². The van der Waals surface area contributed by atoms with Crippen molar-refractivity contribution in [1.29, 1.82) is 5.26 Å². The van der Waals surface area contributed by atoms with Crippen molar-refractivity contribution in [2.24, 2.45) is 0 Å². The molecule has 1 N–H and O–H groups in total. The molecule has 0 spiro atoms. The zero-order valence-corrected chi connectivity index (χ0v) is 16.2. The lowest BCUT2D eigenvalue weighted by atomic mass is 10.1. The summed E-state index contributed by atoms with van der Waals surface area (Å²) in [6.45, 7) is 1.87. The fourth-order valence-corrected chi connectivity index (χ4v) is 2.76. The molecule has 0 fully saturated rings.